The van der Waals surface area contributed by atoms with E-state index in [0.29, 0.717) is 11.7 Å². The molecule has 68 valence electrons. The first-order valence-electron chi connectivity index (χ1n) is 4.67. The fourth-order valence-corrected chi connectivity index (χ4v) is 2.50. The van der Waals surface area contributed by atoms with Crippen molar-refractivity contribution >= 4 is 5.78 Å². The zero-order chi connectivity index (χ0) is 8.98. The maximum Gasteiger partial charge on any atom is 0.164 e. The first-order valence-corrected chi connectivity index (χ1v) is 4.67. The van der Waals surface area contributed by atoms with Crippen molar-refractivity contribution in [2.45, 2.75) is 51.2 Å². The Balaban J connectivity index is 2.32. The molecule has 0 amide bonds. The molecule has 0 radical (unpaired) electrons. The van der Waals surface area contributed by atoms with Crippen LogP contribution in [0.4, 0.5) is 0 Å². The number of carbonyl (C=O) groups excluding carboxylic acids is 1. The molecule has 2 bridgehead atoms. The van der Waals surface area contributed by atoms with Crippen LogP contribution in [0.15, 0.2) is 0 Å². The number of carbonyl (C=O) groups is 1. The van der Waals surface area contributed by atoms with Crippen molar-refractivity contribution in [3.05, 3.63) is 0 Å². The monoisotopic (exact) mass is 168 g/mol. The normalized spacial score (nSPS) is 44.9. The second kappa shape index (κ2) is 2.11. The minimum Gasteiger partial charge on any atom is -0.361 e. The summed E-state index contributed by atoms with van der Waals surface area (Å²) in [5.74, 6) is 0.755. The summed E-state index contributed by atoms with van der Waals surface area (Å²) in [4.78, 5) is 11.5. The second-order valence-electron chi connectivity index (χ2n) is 4.80. The zero-order valence-corrected chi connectivity index (χ0v) is 8.02. The molecule has 0 N–H and O–H groups in total. The number of hydrogen-bond donors (Lipinski definition) is 0. The van der Waals surface area contributed by atoms with Crippen molar-refractivity contribution in [1.29, 1.82) is 0 Å². The molecule has 2 atom stereocenters. The van der Waals surface area contributed by atoms with Gasteiger partial charge in [-0.15, -0.1) is 0 Å². The van der Waals surface area contributed by atoms with Crippen LogP contribution in [0.2, 0.25) is 0 Å². The van der Waals surface area contributed by atoms with Crippen LogP contribution in [0.1, 0.15) is 40.0 Å². The van der Waals surface area contributed by atoms with Crippen molar-refractivity contribution < 1.29 is 9.53 Å². The van der Waals surface area contributed by atoms with Gasteiger partial charge >= 0.3 is 0 Å². The molecule has 3 aliphatic rings. The van der Waals surface area contributed by atoms with Crippen molar-refractivity contribution in [3.8, 4) is 0 Å². The Morgan fingerprint density at radius 2 is 2.08 bits per heavy atom. The van der Waals surface area contributed by atoms with Gasteiger partial charge in [0, 0.05) is 6.42 Å². The first kappa shape index (κ1) is 8.24. The van der Waals surface area contributed by atoms with Crippen LogP contribution in [-0.4, -0.2) is 17.0 Å². The van der Waals surface area contributed by atoms with Crippen LogP contribution in [-0.2, 0) is 9.53 Å². The molecule has 3 rings (SSSR count). The molecule has 3 fully saturated rings. The summed E-state index contributed by atoms with van der Waals surface area (Å²) in [5, 5.41) is 0. The Labute approximate surface area is 73.3 Å². The van der Waals surface area contributed by atoms with Crippen molar-refractivity contribution in [2.24, 2.45) is 5.92 Å². The third kappa shape index (κ3) is 0.939. The number of rotatable bonds is 0. The van der Waals surface area contributed by atoms with Gasteiger partial charge in [-0.05, 0) is 39.5 Å². The van der Waals surface area contributed by atoms with E-state index < -0.39 is 5.60 Å². The van der Waals surface area contributed by atoms with Gasteiger partial charge in [0.2, 0.25) is 0 Å². The average molecular weight is 168 g/mol. The molecule has 2 nitrogen and oxygen atoms in total. The second-order valence-corrected chi connectivity index (χ2v) is 4.80. The summed E-state index contributed by atoms with van der Waals surface area (Å²) in [7, 11) is 0. The van der Waals surface area contributed by atoms with E-state index in [1.807, 2.05) is 6.92 Å². The SMILES string of the molecule is CC12CCC(CC1=O)C(C)(C)O2. The van der Waals surface area contributed by atoms with Gasteiger partial charge in [-0.1, -0.05) is 0 Å². The molecule has 0 aromatic carbocycles. The lowest BCUT2D eigenvalue weighted by molar-refractivity contribution is -0.220. The van der Waals surface area contributed by atoms with Crippen LogP contribution in [0.3, 0.4) is 0 Å². The Morgan fingerprint density at radius 3 is 2.42 bits per heavy atom. The smallest absolute Gasteiger partial charge is 0.164 e. The molecule has 2 aliphatic heterocycles. The van der Waals surface area contributed by atoms with Gasteiger partial charge < -0.3 is 4.74 Å². The topological polar surface area (TPSA) is 26.3 Å². The highest BCUT2D eigenvalue weighted by atomic mass is 16.5. The first-order chi connectivity index (χ1) is 5.44. The Kier molecular flexibility index (Phi) is 1.45. The Morgan fingerprint density at radius 1 is 1.42 bits per heavy atom. The molecule has 12 heavy (non-hydrogen) atoms. The minimum absolute atomic E-state index is 0.0824. The predicted molar refractivity (Wildman–Crippen MR) is 45.9 cm³/mol. The quantitative estimate of drug-likeness (QED) is 0.552. The fraction of sp³-hybridized carbons (Fsp3) is 0.900. The molecular weight excluding hydrogens is 152 g/mol. The molecule has 2 heterocycles. The lowest BCUT2D eigenvalue weighted by atomic mass is 9.68. The summed E-state index contributed by atoms with van der Waals surface area (Å²) in [5.41, 5.74) is -0.542. The van der Waals surface area contributed by atoms with Crippen molar-refractivity contribution in [2.75, 3.05) is 0 Å². The highest BCUT2D eigenvalue weighted by Crippen LogP contribution is 2.47. The number of ether oxygens (including phenoxy) is 1. The third-order valence-electron chi connectivity index (χ3n) is 3.46. The Bertz CT molecular complexity index is 232. The molecule has 2 heteroatoms. The summed E-state index contributed by atoms with van der Waals surface area (Å²) in [6.07, 6.45) is 2.79. The average Bonchev–Trinajstić information content (AvgIpc) is 1.91. The zero-order valence-electron chi connectivity index (χ0n) is 8.02. The molecular formula is C10H16O2. The highest BCUT2D eigenvalue weighted by molar-refractivity contribution is 5.88. The standard InChI is InChI=1S/C10H16O2/c1-9(2)7-4-5-10(3,12-9)8(11)6-7/h7H,4-6H2,1-3H3. The van der Waals surface area contributed by atoms with Gasteiger partial charge in [-0.3, -0.25) is 4.79 Å². The molecule has 1 saturated carbocycles. The summed E-state index contributed by atoms with van der Waals surface area (Å²) in [6, 6.07) is 0. The molecule has 2 saturated heterocycles. The fourth-order valence-electron chi connectivity index (χ4n) is 2.50. The van der Waals surface area contributed by atoms with Gasteiger partial charge in [0.15, 0.2) is 5.78 Å². The van der Waals surface area contributed by atoms with E-state index in [2.05, 4.69) is 13.8 Å². The van der Waals surface area contributed by atoms with Gasteiger partial charge in [-0.2, -0.15) is 0 Å². The van der Waals surface area contributed by atoms with Crippen LogP contribution < -0.4 is 0 Å². The lowest BCUT2D eigenvalue weighted by Crippen LogP contribution is -2.59. The van der Waals surface area contributed by atoms with Crippen molar-refractivity contribution in [3.63, 3.8) is 0 Å². The Hall–Kier alpha value is -0.370. The van der Waals surface area contributed by atoms with Gasteiger partial charge in [0.1, 0.15) is 5.60 Å². The van der Waals surface area contributed by atoms with E-state index in [1.165, 1.54) is 0 Å². The van der Waals surface area contributed by atoms with Crippen LogP contribution >= 0.6 is 0 Å². The van der Waals surface area contributed by atoms with E-state index in [0.717, 1.165) is 19.3 Å². The molecule has 2 unspecified atom stereocenters. The number of hydrogen-bond acceptors (Lipinski definition) is 2. The maximum absolute atomic E-state index is 11.5. The van der Waals surface area contributed by atoms with E-state index in [-0.39, 0.29) is 5.60 Å². The minimum atomic E-state index is -0.460. The highest BCUT2D eigenvalue weighted by Gasteiger charge is 2.53. The van der Waals surface area contributed by atoms with Crippen molar-refractivity contribution in [1.82, 2.24) is 0 Å². The number of ketones is 1. The van der Waals surface area contributed by atoms with Gasteiger partial charge in [0.25, 0.3) is 0 Å². The summed E-state index contributed by atoms with van der Waals surface area (Å²) in [6.45, 7) is 6.13. The van der Waals surface area contributed by atoms with Crippen LogP contribution in [0, 0.1) is 5.92 Å². The molecule has 0 aromatic heterocycles. The summed E-state index contributed by atoms with van der Waals surface area (Å²) >= 11 is 0. The maximum atomic E-state index is 11.5. The van der Waals surface area contributed by atoms with E-state index in [1.54, 1.807) is 0 Å². The largest absolute Gasteiger partial charge is 0.361 e. The van der Waals surface area contributed by atoms with Gasteiger partial charge in [-0.25, -0.2) is 0 Å². The van der Waals surface area contributed by atoms with E-state index in [4.69, 9.17) is 4.74 Å². The number of Topliss-reactive ketones (excluding diaryl/α,β-unsaturated/α-hetero) is 1. The summed E-state index contributed by atoms with van der Waals surface area (Å²) < 4.78 is 5.82. The molecule has 0 spiro atoms. The molecule has 1 aliphatic carbocycles. The van der Waals surface area contributed by atoms with E-state index in [9.17, 15) is 4.79 Å². The van der Waals surface area contributed by atoms with Crippen LogP contribution in [0.5, 0.6) is 0 Å². The lowest BCUT2D eigenvalue weighted by Gasteiger charge is -2.52. The van der Waals surface area contributed by atoms with Crippen LogP contribution in [0.25, 0.3) is 0 Å². The predicted octanol–water partition coefficient (Wildman–Crippen LogP) is 1.92. The third-order valence-corrected chi connectivity index (χ3v) is 3.46. The van der Waals surface area contributed by atoms with Gasteiger partial charge in [0.05, 0.1) is 5.60 Å². The molecule has 0 aromatic rings. The number of fused-ring (bicyclic) bond motifs is 3. The van der Waals surface area contributed by atoms with E-state index >= 15 is 0 Å².